The number of carbonyl (C=O) groups is 1. The van der Waals surface area contributed by atoms with Crippen molar-refractivity contribution in [3.63, 3.8) is 0 Å². The first-order valence-electron chi connectivity index (χ1n) is 8.95. The van der Waals surface area contributed by atoms with E-state index in [2.05, 4.69) is 15.5 Å². The molecule has 0 fully saturated rings. The first kappa shape index (κ1) is 18.6. The Morgan fingerprint density at radius 3 is 2.59 bits per heavy atom. The van der Waals surface area contributed by atoms with Crippen LogP contribution in [0.15, 0.2) is 39.9 Å². The van der Waals surface area contributed by atoms with Gasteiger partial charge in [0.1, 0.15) is 0 Å². The molecule has 0 saturated heterocycles. The standard InChI is InChI=1S/C19H23N5O3/c1-13-12-14(2)23(21-13)10-5-9-20-17(25)8-11-24-19(27)16-7-4-3-6-15(16)18(26)22-24/h3-4,6-7,12H,5,8-11H2,1-2H3,(H,20,25)(H,22,26). The molecule has 8 nitrogen and oxygen atoms in total. The Morgan fingerprint density at radius 2 is 1.89 bits per heavy atom. The SMILES string of the molecule is Cc1cc(C)n(CCCNC(=O)CCn2[nH]c(=O)c3ccccc3c2=O)n1. The van der Waals surface area contributed by atoms with Crippen molar-refractivity contribution < 1.29 is 4.79 Å². The molecule has 0 aliphatic heterocycles. The molecule has 2 heterocycles. The van der Waals surface area contributed by atoms with Gasteiger partial charge < -0.3 is 5.32 Å². The Bertz CT molecular complexity index is 1080. The van der Waals surface area contributed by atoms with Crippen LogP contribution in [0.25, 0.3) is 10.8 Å². The number of hydrogen-bond acceptors (Lipinski definition) is 4. The highest BCUT2D eigenvalue weighted by Crippen LogP contribution is 2.03. The lowest BCUT2D eigenvalue weighted by molar-refractivity contribution is -0.121. The molecule has 3 rings (SSSR count). The molecule has 8 heteroatoms. The number of nitrogens with zero attached hydrogens (tertiary/aromatic N) is 3. The van der Waals surface area contributed by atoms with Gasteiger partial charge in [-0.2, -0.15) is 5.10 Å². The minimum atomic E-state index is -0.338. The normalized spacial score (nSPS) is 11.0. The maximum Gasteiger partial charge on any atom is 0.273 e. The van der Waals surface area contributed by atoms with Crippen molar-refractivity contribution in [2.75, 3.05) is 6.54 Å². The van der Waals surface area contributed by atoms with E-state index in [-0.39, 0.29) is 30.0 Å². The molecule has 1 aromatic carbocycles. The summed E-state index contributed by atoms with van der Waals surface area (Å²) >= 11 is 0. The van der Waals surface area contributed by atoms with E-state index >= 15 is 0 Å². The summed E-state index contributed by atoms with van der Waals surface area (Å²) in [5, 5.41) is 10.4. The predicted molar refractivity (Wildman–Crippen MR) is 103 cm³/mol. The molecule has 2 aromatic heterocycles. The van der Waals surface area contributed by atoms with Crippen molar-refractivity contribution in [1.29, 1.82) is 0 Å². The van der Waals surface area contributed by atoms with Crippen LogP contribution in [0.4, 0.5) is 0 Å². The van der Waals surface area contributed by atoms with Crippen molar-refractivity contribution in [2.45, 2.75) is 39.8 Å². The van der Waals surface area contributed by atoms with Crippen LogP contribution in [0.1, 0.15) is 24.2 Å². The van der Waals surface area contributed by atoms with Gasteiger partial charge in [0.2, 0.25) is 5.91 Å². The van der Waals surface area contributed by atoms with Crippen molar-refractivity contribution in [3.05, 3.63) is 62.4 Å². The summed E-state index contributed by atoms with van der Waals surface area (Å²) in [6.07, 6.45) is 0.883. The van der Waals surface area contributed by atoms with Crippen LogP contribution >= 0.6 is 0 Å². The fourth-order valence-corrected chi connectivity index (χ4v) is 3.06. The Balaban J connectivity index is 1.51. The summed E-state index contributed by atoms with van der Waals surface area (Å²) in [5.74, 6) is -0.163. The smallest absolute Gasteiger partial charge is 0.273 e. The second-order valence-electron chi connectivity index (χ2n) is 6.55. The van der Waals surface area contributed by atoms with Gasteiger partial charge in [-0.3, -0.25) is 24.2 Å². The molecule has 0 atom stereocenters. The van der Waals surface area contributed by atoms with Gasteiger partial charge in [-0.15, -0.1) is 0 Å². The fraction of sp³-hybridized carbons (Fsp3) is 0.368. The number of nitrogens with one attached hydrogen (secondary N) is 2. The van der Waals surface area contributed by atoms with Gasteiger partial charge in [0.15, 0.2) is 0 Å². The van der Waals surface area contributed by atoms with Gasteiger partial charge in [0, 0.05) is 25.2 Å². The minimum absolute atomic E-state index is 0.119. The molecule has 0 bridgehead atoms. The Morgan fingerprint density at radius 1 is 1.15 bits per heavy atom. The number of rotatable bonds is 7. The van der Waals surface area contributed by atoms with Crippen LogP contribution < -0.4 is 16.4 Å². The van der Waals surface area contributed by atoms with Crippen molar-refractivity contribution in [1.82, 2.24) is 24.9 Å². The number of benzene rings is 1. The third kappa shape index (κ3) is 4.33. The summed E-state index contributed by atoms with van der Waals surface area (Å²) in [5.41, 5.74) is 1.43. The van der Waals surface area contributed by atoms with E-state index in [1.54, 1.807) is 24.3 Å². The van der Waals surface area contributed by atoms with Gasteiger partial charge >= 0.3 is 0 Å². The van der Waals surface area contributed by atoms with E-state index < -0.39 is 0 Å². The van der Waals surface area contributed by atoms with E-state index in [1.807, 2.05) is 24.6 Å². The van der Waals surface area contributed by atoms with Crippen LogP contribution in [-0.2, 0) is 17.9 Å². The summed E-state index contributed by atoms with van der Waals surface area (Å²) in [6, 6.07) is 8.66. The van der Waals surface area contributed by atoms with Gasteiger partial charge in [-0.25, -0.2) is 4.68 Å². The first-order valence-corrected chi connectivity index (χ1v) is 8.95. The summed E-state index contributed by atoms with van der Waals surface area (Å²) in [4.78, 5) is 36.5. The van der Waals surface area contributed by atoms with E-state index in [9.17, 15) is 14.4 Å². The number of aromatic amines is 1. The van der Waals surface area contributed by atoms with Crippen molar-refractivity contribution in [2.24, 2.45) is 0 Å². The van der Waals surface area contributed by atoms with Crippen LogP contribution in [0.5, 0.6) is 0 Å². The van der Waals surface area contributed by atoms with Crippen molar-refractivity contribution in [3.8, 4) is 0 Å². The third-order valence-corrected chi connectivity index (χ3v) is 4.42. The second-order valence-corrected chi connectivity index (χ2v) is 6.55. The molecule has 142 valence electrons. The molecule has 1 amide bonds. The summed E-state index contributed by atoms with van der Waals surface area (Å²) < 4.78 is 3.11. The van der Waals surface area contributed by atoms with Gasteiger partial charge in [0.25, 0.3) is 11.1 Å². The topological polar surface area (TPSA) is 102 Å². The van der Waals surface area contributed by atoms with Crippen LogP contribution in [0.2, 0.25) is 0 Å². The molecule has 27 heavy (non-hydrogen) atoms. The largest absolute Gasteiger partial charge is 0.356 e. The lowest BCUT2D eigenvalue weighted by Gasteiger charge is -2.09. The molecular weight excluding hydrogens is 346 g/mol. The molecule has 0 unspecified atom stereocenters. The maximum atomic E-state index is 12.4. The zero-order valence-electron chi connectivity index (χ0n) is 15.5. The molecule has 3 aromatic rings. The fourth-order valence-electron chi connectivity index (χ4n) is 3.06. The van der Waals surface area contributed by atoms with Gasteiger partial charge in [-0.05, 0) is 38.5 Å². The number of amides is 1. The van der Waals surface area contributed by atoms with Crippen molar-refractivity contribution >= 4 is 16.7 Å². The number of fused-ring (bicyclic) bond motifs is 1. The molecule has 0 saturated carbocycles. The minimum Gasteiger partial charge on any atom is -0.356 e. The Hall–Kier alpha value is -3.16. The highest BCUT2D eigenvalue weighted by molar-refractivity contribution is 5.80. The number of carbonyl (C=O) groups excluding carboxylic acids is 1. The average Bonchev–Trinajstić information content (AvgIpc) is 2.98. The molecule has 2 N–H and O–H groups in total. The van der Waals surface area contributed by atoms with E-state index in [4.69, 9.17) is 0 Å². The van der Waals surface area contributed by atoms with E-state index in [1.165, 1.54) is 4.68 Å². The Kier molecular flexibility index (Phi) is 5.54. The van der Waals surface area contributed by atoms with E-state index in [0.29, 0.717) is 17.3 Å². The van der Waals surface area contributed by atoms with Crippen LogP contribution in [0, 0.1) is 13.8 Å². The van der Waals surface area contributed by atoms with Gasteiger partial charge in [0.05, 0.1) is 23.0 Å². The van der Waals surface area contributed by atoms with Crippen LogP contribution in [0.3, 0.4) is 0 Å². The molecule has 0 spiro atoms. The number of aryl methyl sites for hydroxylation is 4. The van der Waals surface area contributed by atoms with E-state index in [0.717, 1.165) is 24.4 Å². The highest BCUT2D eigenvalue weighted by Gasteiger charge is 2.08. The first-order chi connectivity index (χ1) is 13.0. The monoisotopic (exact) mass is 369 g/mol. The quantitative estimate of drug-likeness (QED) is 0.609. The lowest BCUT2D eigenvalue weighted by atomic mass is 10.2. The number of H-pyrrole nitrogens is 1. The Labute approximate surface area is 155 Å². The zero-order valence-corrected chi connectivity index (χ0v) is 15.5. The maximum absolute atomic E-state index is 12.4. The van der Waals surface area contributed by atoms with Gasteiger partial charge in [-0.1, -0.05) is 12.1 Å². The number of aromatic nitrogens is 4. The summed E-state index contributed by atoms with van der Waals surface area (Å²) in [6.45, 7) is 5.34. The number of hydrogen-bond donors (Lipinski definition) is 2. The lowest BCUT2D eigenvalue weighted by Crippen LogP contribution is -2.32. The zero-order chi connectivity index (χ0) is 19.4. The van der Waals surface area contributed by atoms with Crippen LogP contribution in [-0.4, -0.2) is 32.0 Å². The molecule has 0 radical (unpaired) electrons. The molecule has 0 aliphatic rings. The second kappa shape index (κ2) is 8.03. The average molecular weight is 369 g/mol. The predicted octanol–water partition coefficient (Wildman–Crippen LogP) is 1.10. The molecular formula is C19H23N5O3. The molecule has 0 aliphatic carbocycles. The highest BCUT2D eigenvalue weighted by atomic mass is 16.2. The summed E-state index contributed by atoms with van der Waals surface area (Å²) in [7, 11) is 0. The third-order valence-electron chi connectivity index (χ3n) is 4.42.